The Morgan fingerprint density at radius 1 is 1.41 bits per heavy atom. The lowest BCUT2D eigenvalue weighted by Gasteiger charge is -2.14. The van der Waals surface area contributed by atoms with Gasteiger partial charge in [-0.05, 0) is 38.8 Å². The molecule has 27 heavy (non-hydrogen) atoms. The zero-order valence-electron chi connectivity index (χ0n) is 15.2. The van der Waals surface area contributed by atoms with E-state index in [4.69, 9.17) is 9.47 Å². The van der Waals surface area contributed by atoms with Crippen LogP contribution >= 0.6 is 0 Å². The molecule has 2 aromatic rings. The highest BCUT2D eigenvalue weighted by Gasteiger charge is 2.22. The summed E-state index contributed by atoms with van der Waals surface area (Å²) in [5.41, 5.74) is 1.84. The van der Waals surface area contributed by atoms with Gasteiger partial charge in [0.25, 0.3) is 0 Å². The molecule has 1 aliphatic heterocycles. The number of hydrogen-bond acceptors (Lipinski definition) is 5. The van der Waals surface area contributed by atoms with Crippen molar-refractivity contribution in [2.45, 2.75) is 39.3 Å². The van der Waals surface area contributed by atoms with Crippen molar-refractivity contribution in [2.24, 2.45) is 0 Å². The number of hydrogen-bond donors (Lipinski definition) is 0. The summed E-state index contributed by atoms with van der Waals surface area (Å²) >= 11 is 0. The Bertz CT molecular complexity index is 871. The molecule has 0 unspecified atom stereocenters. The van der Waals surface area contributed by atoms with Crippen LogP contribution in [0.5, 0.6) is 5.75 Å². The second-order valence-corrected chi connectivity index (χ2v) is 6.61. The second-order valence-electron chi connectivity index (χ2n) is 6.61. The zero-order chi connectivity index (χ0) is 19.6. The number of carbonyl (C=O) groups is 1. The van der Waals surface area contributed by atoms with E-state index in [9.17, 15) is 19.3 Å². The SMILES string of the molecule is Cc1cc(C(=O)COc2cc(F)ccc2[N+](=O)[O-])c(C)n1C[C@@H]1CCCO1. The molecule has 0 amide bonds. The molecular formula is C19H21FN2O5. The van der Waals surface area contributed by atoms with E-state index in [1.54, 1.807) is 6.07 Å². The highest BCUT2D eigenvalue weighted by molar-refractivity contribution is 5.98. The average molecular weight is 376 g/mol. The highest BCUT2D eigenvalue weighted by atomic mass is 19.1. The molecule has 1 saturated heterocycles. The van der Waals surface area contributed by atoms with E-state index in [-0.39, 0.29) is 23.3 Å². The maximum absolute atomic E-state index is 13.4. The van der Waals surface area contributed by atoms with Gasteiger partial charge in [-0.1, -0.05) is 0 Å². The molecule has 0 spiro atoms. The van der Waals surface area contributed by atoms with Crippen LogP contribution in [-0.4, -0.2) is 34.6 Å². The van der Waals surface area contributed by atoms with Crippen molar-refractivity contribution < 1.29 is 23.6 Å². The predicted octanol–water partition coefficient (Wildman–Crippen LogP) is 3.59. The Morgan fingerprint density at radius 3 is 2.85 bits per heavy atom. The Hall–Kier alpha value is -2.74. The van der Waals surface area contributed by atoms with E-state index < -0.39 is 17.3 Å². The van der Waals surface area contributed by atoms with Gasteiger partial charge in [-0.3, -0.25) is 14.9 Å². The minimum absolute atomic E-state index is 0.143. The molecule has 1 atom stereocenters. The van der Waals surface area contributed by atoms with Crippen molar-refractivity contribution in [3.8, 4) is 5.75 Å². The fourth-order valence-electron chi connectivity index (χ4n) is 3.33. The van der Waals surface area contributed by atoms with E-state index >= 15 is 0 Å². The highest BCUT2D eigenvalue weighted by Crippen LogP contribution is 2.28. The number of carbonyl (C=O) groups excluding carboxylic acids is 1. The summed E-state index contributed by atoms with van der Waals surface area (Å²) in [6.07, 6.45) is 2.17. The summed E-state index contributed by atoms with van der Waals surface area (Å²) in [5, 5.41) is 11.0. The van der Waals surface area contributed by atoms with E-state index in [1.807, 2.05) is 18.4 Å². The van der Waals surface area contributed by atoms with Gasteiger partial charge in [0.15, 0.2) is 12.4 Å². The topological polar surface area (TPSA) is 83.6 Å². The van der Waals surface area contributed by atoms with Crippen molar-refractivity contribution in [2.75, 3.05) is 13.2 Å². The van der Waals surface area contributed by atoms with Crippen LogP contribution in [0, 0.1) is 29.8 Å². The second kappa shape index (κ2) is 7.87. The van der Waals surface area contributed by atoms with Gasteiger partial charge >= 0.3 is 5.69 Å². The smallest absolute Gasteiger partial charge is 0.311 e. The standard InChI is InChI=1S/C19H21FN2O5/c1-12-8-16(13(2)21(12)10-15-4-3-7-26-15)18(23)11-27-19-9-14(20)5-6-17(19)22(24)25/h5-6,8-9,15H,3-4,7,10-11H2,1-2H3/t15-/m0/s1. The van der Waals surface area contributed by atoms with Gasteiger partial charge in [-0.2, -0.15) is 0 Å². The van der Waals surface area contributed by atoms with Crippen molar-refractivity contribution in [3.05, 3.63) is 57.1 Å². The van der Waals surface area contributed by atoms with Gasteiger partial charge in [-0.15, -0.1) is 0 Å². The van der Waals surface area contributed by atoms with Crippen LogP contribution in [-0.2, 0) is 11.3 Å². The Labute approximate surface area is 155 Å². The molecule has 0 aliphatic carbocycles. The van der Waals surface area contributed by atoms with Crippen LogP contribution in [0.15, 0.2) is 24.3 Å². The van der Waals surface area contributed by atoms with Gasteiger partial charge in [0.1, 0.15) is 5.82 Å². The number of nitro groups is 1. The normalized spacial score (nSPS) is 16.5. The van der Waals surface area contributed by atoms with Gasteiger partial charge in [0.2, 0.25) is 5.78 Å². The lowest BCUT2D eigenvalue weighted by Crippen LogP contribution is -2.18. The minimum atomic E-state index is -0.674. The van der Waals surface area contributed by atoms with E-state index in [1.165, 1.54) is 0 Å². The van der Waals surface area contributed by atoms with E-state index in [2.05, 4.69) is 0 Å². The summed E-state index contributed by atoms with van der Waals surface area (Å²) in [4.78, 5) is 22.9. The van der Waals surface area contributed by atoms with E-state index in [0.717, 1.165) is 49.0 Å². The van der Waals surface area contributed by atoms with Gasteiger partial charge in [0, 0.05) is 42.2 Å². The molecule has 144 valence electrons. The number of ether oxygens (including phenoxy) is 2. The molecule has 0 bridgehead atoms. The maximum Gasteiger partial charge on any atom is 0.311 e. The molecule has 1 aromatic carbocycles. The number of benzene rings is 1. The largest absolute Gasteiger partial charge is 0.478 e. The third kappa shape index (κ3) is 4.16. The minimum Gasteiger partial charge on any atom is -0.478 e. The lowest BCUT2D eigenvalue weighted by atomic mass is 10.1. The molecule has 1 aromatic heterocycles. The van der Waals surface area contributed by atoms with Crippen LogP contribution in [0.4, 0.5) is 10.1 Å². The molecule has 0 radical (unpaired) electrons. The fourth-order valence-corrected chi connectivity index (χ4v) is 3.33. The molecular weight excluding hydrogens is 355 g/mol. The van der Waals surface area contributed by atoms with Crippen molar-refractivity contribution in [3.63, 3.8) is 0 Å². The zero-order valence-corrected chi connectivity index (χ0v) is 15.2. The third-order valence-corrected chi connectivity index (χ3v) is 4.76. The number of nitro benzene ring substituents is 1. The molecule has 3 rings (SSSR count). The molecule has 0 N–H and O–H groups in total. The van der Waals surface area contributed by atoms with Crippen molar-refractivity contribution in [1.82, 2.24) is 4.57 Å². The van der Waals surface area contributed by atoms with Gasteiger partial charge < -0.3 is 14.0 Å². The summed E-state index contributed by atoms with van der Waals surface area (Å²) in [6.45, 7) is 4.79. The summed E-state index contributed by atoms with van der Waals surface area (Å²) in [7, 11) is 0. The van der Waals surface area contributed by atoms with Crippen LogP contribution in [0.25, 0.3) is 0 Å². The Morgan fingerprint density at radius 2 is 2.19 bits per heavy atom. The lowest BCUT2D eigenvalue weighted by molar-refractivity contribution is -0.385. The van der Waals surface area contributed by atoms with Crippen LogP contribution in [0.1, 0.15) is 34.6 Å². The average Bonchev–Trinajstić information content (AvgIpc) is 3.23. The Kier molecular flexibility index (Phi) is 5.55. The van der Waals surface area contributed by atoms with Crippen LogP contribution < -0.4 is 4.74 Å². The molecule has 1 fully saturated rings. The fraction of sp³-hybridized carbons (Fsp3) is 0.421. The monoisotopic (exact) mass is 376 g/mol. The first-order valence-electron chi connectivity index (χ1n) is 8.75. The first-order valence-corrected chi connectivity index (χ1v) is 8.75. The number of rotatable bonds is 7. The number of Topliss-reactive ketones (excluding diaryl/α,β-unsaturated/α-hetero) is 1. The number of aromatic nitrogens is 1. The number of aryl methyl sites for hydroxylation is 1. The number of halogens is 1. The third-order valence-electron chi connectivity index (χ3n) is 4.76. The quantitative estimate of drug-likeness (QED) is 0.419. The van der Waals surface area contributed by atoms with Gasteiger partial charge in [0.05, 0.1) is 11.0 Å². The maximum atomic E-state index is 13.4. The Balaban J connectivity index is 1.73. The molecule has 7 nitrogen and oxygen atoms in total. The first-order chi connectivity index (χ1) is 12.9. The van der Waals surface area contributed by atoms with Crippen molar-refractivity contribution in [1.29, 1.82) is 0 Å². The first kappa shape index (κ1) is 19.0. The van der Waals surface area contributed by atoms with E-state index in [0.29, 0.717) is 12.1 Å². The van der Waals surface area contributed by atoms with Gasteiger partial charge in [-0.25, -0.2) is 4.39 Å². The molecule has 2 heterocycles. The number of nitrogens with zero attached hydrogens (tertiary/aromatic N) is 2. The van der Waals surface area contributed by atoms with Crippen LogP contribution in [0.3, 0.4) is 0 Å². The van der Waals surface area contributed by atoms with Crippen molar-refractivity contribution >= 4 is 11.5 Å². The molecule has 1 aliphatic rings. The number of ketones is 1. The molecule has 8 heteroatoms. The summed E-state index contributed by atoms with van der Waals surface area (Å²) in [6, 6.07) is 4.68. The van der Waals surface area contributed by atoms with Crippen LogP contribution in [0.2, 0.25) is 0 Å². The summed E-state index contributed by atoms with van der Waals surface area (Å²) in [5.74, 6) is -1.25. The predicted molar refractivity (Wildman–Crippen MR) is 95.8 cm³/mol. The molecule has 0 saturated carbocycles. The summed E-state index contributed by atoms with van der Waals surface area (Å²) < 4.78 is 26.3.